The van der Waals surface area contributed by atoms with Gasteiger partial charge in [-0.25, -0.2) is 4.98 Å². The third-order valence-electron chi connectivity index (χ3n) is 6.75. The molecule has 1 atom stereocenters. The van der Waals surface area contributed by atoms with Gasteiger partial charge >= 0.3 is 0 Å². The van der Waals surface area contributed by atoms with Crippen LogP contribution in [0.1, 0.15) is 23.1 Å². The van der Waals surface area contributed by atoms with E-state index in [0.717, 1.165) is 22.0 Å². The number of nitrogens with zero attached hydrogens (tertiary/aromatic N) is 5. The van der Waals surface area contributed by atoms with E-state index in [1.165, 1.54) is 10.9 Å². The number of rotatable bonds is 4. The summed E-state index contributed by atoms with van der Waals surface area (Å²) in [6, 6.07) is 15.2. The van der Waals surface area contributed by atoms with Crippen LogP contribution in [0.15, 0.2) is 48.7 Å². The van der Waals surface area contributed by atoms with E-state index in [2.05, 4.69) is 16.5 Å². The van der Waals surface area contributed by atoms with Crippen molar-refractivity contribution in [3.05, 3.63) is 65.4 Å². The van der Waals surface area contributed by atoms with Crippen molar-refractivity contribution in [1.82, 2.24) is 14.8 Å². The van der Waals surface area contributed by atoms with Crippen LogP contribution in [0.5, 0.6) is 11.5 Å². The maximum absolute atomic E-state index is 13.3. The number of nitrogens with one attached hydrogen (secondary N) is 1. The molecule has 1 N–H and O–H groups in total. The number of fused-ring (bicyclic) bond motifs is 2. The second-order valence-corrected chi connectivity index (χ2v) is 9.13. The molecule has 0 bridgehead atoms. The van der Waals surface area contributed by atoms with Crippen LogP contribution in [0.3, 0.4) is 0 Å². The van der Waals surface area contributed by atoms with E-state index in [1.54, 1.807) is 23.1 Å². The molecule has 2 amide bonds. The van der Waals surface area contributed by atoms with Crippen molar-refractivity contribution in [2.75, 3.05) is 23.6 Å². The number of carbonyl (C=O) groups excluding carboxylic acids is 2. The van der Waals surface area contributed by atoms with Crippen LogP contribution in [0.4, 0.5) is 11.5 Å². The van der Waals surface area contributed by atoms with Crippen LogP contribution >= 0.6 is 0 Å². The van der Waals surface area contributed by atoms with Gasteiger partial charge in [-0.2, -0.15) is 15.0 Å². The van der Waals surface area contributed by atoms with Crippen LogP contribution < -0.4 is 19.7 Å². The molecule has 2 aromatic carbocycles. The minimum Gasteiger partial charge on any atom is -0.454 e. The number of anilines is 2. The summed E-state index contributed by atoms with van der Waals surface area (Å²) < 4.78 is 12.2. The highest BCUT2D eigenvalue weighted by Crippen LogP contribution is 2.37. The third-order valence-corrected chi connectivity index (χ3v) is 6.75. The molecule has 4 aromatic rings. The Balaban J connectivity index is 1.28. The van der Waals surface area contributed by atoms with E-state index in [4.69, 9.17) is 14.5 Å². The van der Waals surface area contributed by atoms with Crippen LogP contribution in [0.25, 0.3) is 16.7 Å². The Hall–Kier alpha value is -4.91. The normalized spacial score (nSPS) is 16.3. The van der Waals surface area contributed by atoms with E-state index >= 15 is 0 Å². The number of para-hydroxylation sites is 1. The topological polar surface area (TPSA) is 122 Å². The second kappa shape index (κ2) is 8.64. The van der Waals surface area contributed by atoms with Crippen molar-refractivity contribution in [3.8, 4) is 23.4 Å². The van der Waals surface area contributed by atoms with Gasteiger partial charge in [0, 0.05) is 30.1 Å². The fourth-order valence-corrected chi connectivity index (χ4v) is 4.78. The molecule has 0 saturated carbocycles. The zero-order chi connectivity index (χ0) is 25.7. The largest absolute Gasteiger partial charge is 0.454 e. The zero-order valence-corrected chi connectivity index (χ0v) is 20.2. The smallest absolute Gasteiger partial charge is 0.231 e. The maximum atomic E-state index is 13.3. The van der Waals surface area contributed by atoms with Crippen LogP contribution in [0, 0.1) is 31.1 Å². The molecule has 1 unspecified atom stereocenters. The van der Waals surface area contributed by atoms with Gasteiger partial charge < -0.3 is 19.7 Å². The lowest BCUT2D eigenvalue weighted by Crippen LogP contribution is -2.29. The predicted molar refractivity (Wildman–Crippen MR) is 135 cm³/mol. The molecule has 2 aromatic heterocycles. The van der Waals surface area contributed by atoms with Crippen molar-refractivity contribution >= 4 is 34.2 Å². The fraction of sp³-hybridized carbons (Fsp3) is 0.222. The summed E-state index contributed by atoms with van der Waals surface area (Å²) in [5, 5.41) is 17.9. The average molecular weight is 495 g/mol. The fourth-order valence-electron chi connectivity index (χ4n) is 4.78. The van der Waals surface area contributed by atoms with Crippen molar-refractivity contribution in [2.24, 2.45) is 5.92 Å². The maximum Gasteiger partial charge on any atom is 0.231 e. The van der Waals surface area contributed by atoms with Gasteiger partial charge in [0.2, 0.25) is 18.6 Å². The molecule has 1 fully saturated rings. The standard InChI is InChI=1S/C27H22N6O4/c1-15-4-3-5-20-16(2)8-23(30-25(15)20)33-26(18(11-28)12-29-33)31-27(35)17-9-24(34)32(13-17)19-6-7-21-22(10-19)37-14-36-21/h3-8,10,12,17H,9,13-14H2,1-2H3,(H,31,35). The van der Waals surface area contributed by atoms with Gasteiger partial charge in [0.1, 0.15) is 11.6 Å². The first-order valence-electron chi connectivity index (χ1n) is 11.8. The summed E-state index contributed by atoms with van der Waals surface area (Å²) in [6.07, 6.45) is 1.44. The van der Waals surface area contributed by atoms with Gasteiger partial charge in [0.05, 0.1) is 17.6 Å². The molecular weight excluding hydrogens is 472 g/mol. The molecular formula is C27H22N6O4. The van der Waals surface area contributed by atoms with Crippen LogP contribution in [-0.2, 0) is 9.59 Å². The van der Waals surface area contributed by atoms with Crippen molar-refractivity contribution < 1.29 is 19.1 Å². The van der Waals surface area contributed by atoms with E-state index in [1.807, 2.05) is 38.1 Å². The van der Waals surface area contributed by atoms with Gasteiger partial charge in [-0.05, 0) is 43.2 Å². The second-order valence-electron chi connectivity index (χ2n) is 9.13. The van der Waals surface area contributed by atoms with Crippen molar-refractivity contribution in [3.63, 3.8) is 0 Å². The van der Waals surface area contributed by atoms with E-state index < -0.39 is 5.92 Å². The van der Waals surface area contributed by atoms with Gasteiger partial charge in [0.15, 0.2) is 23.1 Å². The summed E-state index contributed by atoms with van der Waals surface area (Å²) in [7, 11) is 0. The van der Waals surface area contributed by atoms with Gasteiger partial charge in [-0.15, -0.1) is 0 Å². The minimum atomic E-state index is -0.610. The van der Waals surface area contributed by atoms with Crippen molar-refractivity contribution in [1.29, 1.82) is 5.26 Å². The Morgan fingerprint density at radius 1 is 1.14 bits per heavy atom. The average Bonchev–Trinajstić information content (AvgIpc) is 3.62. The van der Waals surface area contributed by atoms with Gasteiger partial charge in [-0.3, -0.25) is 9.59 Å². The van der Waals surface area contributed by atoms with Crippen molar-refractivity contribution in [2.45, 2.75) is 20.3 Å². The number of nitriles is 1. The Morgan fingerprint density at radius 3 is 2.81 bits per heavy atom. The Kier molecular flexibility index (Phi) is 5.26. The molecule has 2 aliphatic rings. The predicted octanol–water partition coefficient (Wildman–Crippen LogP) is 3.63. The van der Waals surface area contributed by atoms with E-state index in [0.29, 0.717) is 23.0 Å². The summed E-state index contributed by atoms with van der Waals surface area (Å²) in [5.74, 6) is 0.742. The molecule has 4 heterocycles. The number of pyridine rings is 1. The summed E-state index contributed by atoms with van der Waals surface area (Å²) >= 11 is 0. The number of benzene rings is 2. The number of hydrogen-bond acceptors (Lipinski definition) is 7. The summed E-state index contributed by atoms with van der Waals surface area (Å²) in [4.78, 5) is 32.4. The first kappa shape index (κ1) is 22.5. The number of amides is 2. The summed E-state index contributed by atoms with van der Waals surface area (Å²) in [6.45, 7) is 4.30. The Morgan fingerprint density at radius 2 is 1.97 bits per heavy atom. The minimum absolute atomic E-state index is 0.0445. The number of ether oxygens (including phenoxy) is 2. The molecule has 10 nitrogen and oxygen atoms in total. The quantitative estimate of drug-likeness (QED) is 0.460. The number of aromatic nitrogens is 3. The monoisotopic (exact) mass is 494 g/mol. The molecule has 0 spiro atoms. The lowest BCUT2D eigenvalue weighted by Gasteiger charge is -2.17. The lowest BCUT2D eigenvalue weighted by molar-refractivity contribution is -0.122. The Bertz CT molecular complexity index is 1640. The number of carbonyl (C=O) groups is 2. The highest BCUT2D eigenvalue weighted by molar-refractivity contribution is 6.04. The lowest BCUT2D eigenvalue weighted by atomic mass is 10.1. The third kappa shape index (κ3) is 3.81. The highest BCUT2D eigenvalue weighted by Gasteiger charge is 2.36. The molecule has 1 saturated heterocycles. The molecule has 10 heteroatoms. The first-order chi connectivity index (χ1) is 17.9. The molecule has 6 rings (SSSR count). The molecule has 0 aliphatic carbocycles. The van der Waals surface area contributed by atoms with E-state index in [-0.39, 0.29) is 43.0 Å². The van der Waals surface area contributed by atoms with E-state index in [9.17, 15) is 14.9 Å². The van der Waals surface area contributed by atoms with Gasteiger partial charge in [0.25, 0.3) is 0 Å². The number of aryl methyl sites for hydroxylation is 2. The molecule has 2 aliphatic heterocycles. The van der Waals surface area contributed by atoms with Gasteiger partial charge in [-0.1, -0.05) is 18.2 Å². The molecule has 37 heavy (non-hydrogen) atoms. The molecule has 0 radical (unpaired) electrons. The summed E-state index contributed by atoms with van der Waals surface area (Å²) in [5.41, 5.74) is 3.67. The van der Waals surface area contributed by atoms with Crippen LogP contribution in [-0.4, -0.2) is 39.9 Å². The first-order valence-corrected chi connectivity index (χ1v) is 11.8. The highest BCUT2D eigenvalue weighted by atomic mass is 16.7. The SMILES string of the molecule is Cc1cc(-n2ncc(C#N)c2NC(=O)C2CC(=O)N(c3ccc4c(c3)OCO4)C2)nc2c(C)cccc12. The number of hydrogen-bond donors (Lipinski definition) is 1. The van der Waals surface area contributed by atoms with Crippen LogP contribution in [0.2, 0.25) is 0 Å². The molecule has 184 valence electrons. The Labute approximate surface area is 212 Å². The zero-order valence-electron chi connectivity index (χ0n) is 20.2.